The molecule has 4 heterocycles. The van der Waals surface area contributed by atoms with Gasteiger partial charge in [0.2, 0.25) is 0 Å². The van der Waals surface area contributed by atoms with Gasteiger partial charge < -0.3 is 9.47 Å². The fourth-order valence-electron chi connectivity index (χ4n) is 4.18. The van der Waals surface area contributed by atoms with Crippen molar-refractivity contribution in [3.8, 4) is 11.3 Å². The van der Waals surface area contributed by atoms with Crippen molar-refractivity contribution in [2.75, 3.05) is 18.0 Å². The van der Waals surface area contributed by atoms with Crippen LogP contribution in [0.15, 0.2) is 43.0 Å². The summed E-state index contributed by atoms with van der Waals surface area (Å²) in [6.07, 6.45) is 2.63. The van der Waals surface area contributed by atoms with E-state index in [0.717, 1.165) is 60.7 Å². The summed E-state index contributed by atoms with van der Waals surface area (Å²) in [5.74, 6) is 2.10. The number of imidazole rings is 1. The molecule has 1 saturated heterocycles. The number of benzene rings is 1. The first-order valence-corrected chi connectivity index (χ1v) is 10.00. The molecule has 1 N–H and O–H groups in total. The number of piperidine rings is 1. The summed E-state index contributed by atoms with van der Waals surface area (Å²) in [5.41, 5.74) is 1.42. The number of rotatable bonds is 3. The van der Waals surface area contributed by atoms with Crippen molar-refractivity contribution in [3.63, 3.8) is 0 Å². The molecule has 0 atom stereocenters. The molecular formula is C21H21ClF3N7. The highest BCUT2D eigenvalue weighted by Crippen LogP contribution is 2.34. The molecule has 0 saturated carbocycles. The van der Waals surface area contributed by atoms with Crippen molar-refractivity contribution in [2.45, 2.75) is 24.9 Å². The van der Waals surface area contributed by atoms with Gasteiger partial charge in [0.1, 0.15) is 18.0 Å². The molecule has 1 aliphatic heterocycles. The number of alkyl halides is 3. The van der Waals surface area contributed by atoms with Crippen LogP contribution in [0, 0.1) is 0 Å². The van der Waals surface area contributed by atoms with Gasteiger partial charge in [-0.25, -0.2) is 15.0 Å². The Labute approximate surface area is 188 Å². The predicted octanol–water partition coefficient (Wildman–Crippen LogP) is 4.58. The quantitative estimate of drug-likeness (QED) is 0.481. The molecule has 0 amide bonds. The number of H-pyrrole nitrogens is 1. The van der Waals surface area contributed by atoms with E-state index < -0.39 is 11.7 Å². The van der Waals surface area contributed by atoms with E-state index >= 15 is 0 Å². The molecule has 4 aromatic rings. The van der Waals surface area contributed by atoms with Crippen molar-refractivity contribution in [3.05, 3.63) is 54.4 Å². The molecule has 1 aromatic carbocycles. The molecule has 0 radical (unpaired) electrons. The molecule has 0 bridgehead atoms. The number of hydrogen-bond acceptors (Lipinski definition) is 5. The largest absolute Gasteiger partial charge is 0.416 e. The summed E-state index contributed by atoms with van der Waals surface area (Å²) in [5, 5.41) is 7.82. The molecule has 5 rings (SSSR count). The highest BCUT2D eigenvalue weighted by Gasteiger charge is 2.30. The van der Waals surface area contributed by atoms with Crippen LogP contribution < -0.4 is 4.90 Å². The van der Waals surface area contributed by atoms with Crippen molar-refractivity contribution in [2.24, 2.45) is 7.05 Å². The minimum atomic E-state index is -4.34. The van der Waals surface area contributed by atoms with Gasteiger partial charge >= 0.3 is 6.18 Å². The van der Waals surface area contributed by atoms with Crippen molar-refractivity contribution >= 4 is 29.3 Å². The number of aromatic amines is 1. The van der Waals surface area contributed by atoms with Crippen LogP contribution >= 0.6 is 12.4 Å². The molecule has 1 fully saturated rings. The van der Waals surface area contributed by atoms with Gasteiger partial charge in [0.05, 0.1) is 22.8 Å². The summed E-state index contributed by atoms with van der Waals surface area (Å²) in [7, 11) is 1.93. The summed E-state index contributed by atoms with van der Waals surface area (Å²) < 4.78 is 40.4. The highest BCUT2D eigenvalue weighted by molar-refractivity contribution is 5.86. The summed E-state index contributed by atoms with van der Waals surface area (Å²) in [6.45, 7) is 1.65. The maximum Gasteiger partial charge on any atom is 0.416 e. The Bertz CT molecular complexity index is 1210. The van der Waals surface area contributed by atoms with E-state index in [4.69, 9.17) is 4.98 Å². The van der Waals surface area contributed by atoms with Crippen LogP contribution in [0.4, 0.5) is 19.0 Å². The first kappa shape index (κ1) is 22.1. The summed E-state index contributed by atoms with van der Waals surface area (Å²) >= 11 is 0. The number of fused-ring (bicyclic) bond motifs is 1. The normalized spacial score (nSPS) is 15.2. The van der Waals surface area contributed by atoms with Gasteiger partial charge in [-0.3, -0.25) is 5.10 Å². The van der Waals surface area contributed by atoms with Crippen molar-refractivity contribution in [1.29, 1.82) is 0 Å². The number of anilines is 1. The second-order valence-electron chi connectivity index (χ2n) is 7.76. The number of halogens is 4. The van der Waals surface area contributed by atoms with E-state index in [1.165, 1.54) is 18.5 Å². The van der Waals surface area contributed by atoms with E-state index in [1.807, 2.05) is 17.8 Å². The van der Waals surface area contributed by atoms with Crippen LogP contribution in [0.3, 0.4) is 0 Å². The smallest absolute Gasteiger partial charge is 0.356 e. The standard InChI is InChI=1S/C21H20F3N7.ClH/c1-30-11-17(13-2-4-15(5-3-13)21(22,23)24)28-19(30)14-6-8-31(9-7-14)20-16-10-27-29-18(16)25-12-26-20;/h2-5,10-12,14H,6-9H2,1H3,(H,25,26,27,29);1H. The second kappa shape index (κ2) is 8.42. The third-order valence-corrected chi connectivity index (χ3v) is 5.81. The summed E-state index contributed by atoms with van der Waals surface area (Å²) in [6, 6.07) is 5.15. The third kappa shape index (κ3) is 4.02. The van der Waals surface area contributed by atoms with Gasteiger partial charge in [0.15, 0.2) is 5.65 Å². The Hall–Kier alpha value is -3.14. The number of nitrogens with one attached hydrogen (secondary N) is 1. The highest BCUT2D eigenvalue weighted by atomic mass is 35.5. The number of hydrogen-bond donors (Lipinski definition) is 1. The topological polar surface area (TPSA) is 75.5 Å². The molecular weight excluding hydrogens is 443 g/mol. The second-order valence-corrected chi connectivity index (χ2v) is 7.76. The van der Waals surface area contributed by atoms with E-state index in [9.17, 15) is 13.2 Å². The van der Waals surface area contributed by atoms with Gasteiger partial charge in [0, 0.05) is 37.8 Å². The van der Waals surface area contributed by atoms with Crippen LogP contribution in [0.5, 0.6) is 0 Å². The van der Waals surface area contributed by atoms with Crippen LogP contribution in [0.1, 0.15) is 30.1 Å². The first-order chi connectivity index (χ1) is 14.9. The average molecular weight is 464 g/mol. The Morgan fingerprint density at radius 3 is 2.47 bits per heavy atom. The van der Waals surface area contributed by atoms with Crippen LogP contribution in [0.2, 0.25) is 0 Å². The third-order valence-electron chi connectivity index (χ3n) is 5.81. The van der Waals surface area contributed by atoms with E-state index in [1.54, 1.807) is 6.20 Å². The molecule has 0 unspecified atom stereocenters. The Morgan fingerprint density at radius 1 is 1.06 bits per heavy atom. The minimum absolute atomic E-state index is 0. The van der Waals surface area contributed by atoms with Gasteiger partial charge in [-0.1, -0.05) is 12.1 Å². The fraction of sp³-hybridized carbons (Fsp3) is 0.333. The molecule has 32 heavy (non-hydrogen) atoms. The average Bonchev–Trinajstić information content (AvgIpc) is 3.40. The Kier molecular flexibility index (Phi) is 5.81. The Balaban J connectivity index is 0.00000245. The summed E-state index contributed by atoms with van der Waals surface area (Å²) in [4.78, 5) is 15.6. The van der Waals surface area contributed by atoms with Crippen molar-refractivity contribution in [1.82, 2.24) is 29.7 Å². The maximum atomic E-state index is 12.8. The number of nitrogens with zero attached hydrogens (tertiary/aromatic N) is 6. The zero-order valence-electron chi connectivity index (χ0n) is 17.2. The van der Waals surface area contributed by atoms with Gasteiger partial charge in [-0.15, -0.1) is 12.4 Å². The lowest BCUT2D eigenvalue weighted by Gasteiger charge is -2.32. The first-order valence-electron chi connectivity index (χ1n) is 10.00. The molecule has 7 nitrogen and oxygen atoms in total. The van der Waals surface area contributed by atoms with Gasteiger partial charge in [0.25, 0.3) is 0 Å². The van der Waals surface area contributed by atoms with Gasteiger partial charge in [-0.05, 0) is 25.0 Å². The van der Waals surface area contributed by atoms with Crippen molar-refractivity contribution < 1.29 is 13.2 Å². The number of aromatic nitrogens is 6. The zero-order valence-corrected chi connectivity index (χ0v) is 18.0. The molecule has 3 aromatic heterocycles. The monoisotopic (exact) mass is 463 g/mol. The molecule has 0 spiro atoms. The lowest BCUT2D eigenvalue weighted by molar-refractivity contribution is -0.137. The molecule has 168 valence electrons. The van der Waals surface area contributed by atoms with E-state index in [-0.39, 0.29) is 18.3 Å². The Morgan fingerprint density at radius 2 is 1.78 bits per heavy atom. The lowest BCUT2D eigenvalue weighted by atomic mass is 9.96. The minimum Gasteiger partial charge on any atom is -0.356 e. The SMILES string of the molecule is Cl.Cn1cc(-c2ccc(C(F)(F)F)cc2)nc1C1CCN(c2ncnc3[nH]ncc23)CC1. The molecule has 11 heteroatoms. The lowest BCUT2D eigenvalue weighted by Crippen LogP contribution is -2.34. The van der Waals surface area contributed by atoms with Crippen LogP contribution in [-0.2, 0) is 13.2 Å². The molecule has 0 aliphatic carbocycles. The zero-order chi connectivity index (χ0) is 21.6. The van der Waals surface area contributed by atoms with Crippen LogP contribution in [0.25, 0.3) is 22.3 Å². The maximum absolute atomic E-state index is 12.8. The van der Waals surface area contributed by atoms with Crippen LogP contribution in [-0.4, -0.2) is 42.8 Å². The van der Waals surface area contributed by atoms with Gasteiger partial charge in [-0.2, -0.15) is 18.3 Å². The van der Waals surface area contributed by atoms with E-state index in [0.29, 0.717) is 11.3 Å². The van der Waals surface area contributed by atoms with E-state index in [2.05, 4.69) is 25.1 Å². The predicted molar refractivity (Wildman–Crippen MR) is 117 cm³/mol. The molecule has 1 aliphatic rings. The number of aryl methyl sites for hydroxylation is 1. The fourth-order valence-corrected chi connectivity index (χ4v) is 4.18.